The summed E-state index contributed by atoms with van der Waals surface area (Å²) in [5.74, 6) is 0. The maximum absolute atomic E-state index is 6.18. The molecule has 21 heavy (non-hydrogen) atoms. The SMILES string of the molecule is CN(c1ccc(Br)cc1N)C1CCOC2(CCOCC2)C1. The third kappa shape index (κ3) is 3.20. The van der Waals surface area contributed by atoms with Crippen molar-refractivity contribution in [2.75, 3.05) is 37.5 Å². The Bertz CT molecular complexity index is 498. The molecule has 116 valence electrons. The summed E-state index contributed by atoms with van der Waals surface area (Å²) in [6, 6.07) is 6.58. The molecule has 2 saturated heterocycles. The van der Waals surface area contributed by atoms with Gasteiger partial charge in [0.15, 0.2) is 0 Å². The van der Waals surface area contributed by atoms with Gasteiger partial charge in [0.05, 0.1) is 17.0 Å². The van der Waals surface area contributed by atoms with Crippen molar-refractivity contribution in [2.45, 2.75) is 37.3 Å². The molecule has 0 aromatic heterocycles. The standard InChI is InChI=1S/C16H23BrN2O2/c1-19(15-3-2-12(17)10-14(15)18)13-4-7-21-16(11-13)5-8-20-9-6-16/h2-3,10,13H,4-9,11,18H2,1H3. The number of halogens is 1. The Hall–Kier alpha value is -0.780. The maximum Gasteiger partial charge on any atom is 0.0745 e. The summed E-state index contributed by atoms with van der Waals surface area (Å²) < 4.78 is 12.6. The molecule has 3 rings (SSSR count). The predicted molar refractivity (Wildman–Crippen MR) is 88.7 cm³/mol. The fraction of sp³-hybridized carbons (Fsp3) is 0.625. The minimum absolute atomic E-state index is 0.0134. The summed E-state index contributed by atoms with van der Waals surface area (Å²) in [7, 11) is 2.14. The van der Waals surface area contributed by atoms with Gasteiger partial charge >= 0.3 is 0 Å². The molecule has 2 heterocycles. The van der Waals surface area contributed by atoms with Crippen LogP contribution in [0.1, 0.15) is 25.7 Å². The van der Waals surface area contributed by atoms with Crippen LogP contribution < -0.4 is 10.6 Å². The van der Waals surface area contributed by atoms with Crippen molar-refractivity contribution in [2.24, 2.45) is 0 Å². The molecule has 1 aromatic carbocycles. The highest BCUT2D eigenvalue weighted by Gasteiger charge is 2.40. The molecule has 2 aliphatic heterocycles. The number of nitrogen functional groups attached to an aromatic ring is 1. The van der Waals surface area contributed by atoms with E-state index in [1.165, 1.54) is 0 Å². The minimum atomic E-state index is 0.0134. The zero-order valence-corrected chi connectivity index (χ0v) is 14.1. The van der Waals surface area contributed by atoms with Crippen LogP contribution in [0, 0.1) is 0 Å². The van der Waals surface area contributed by atoms with E-state index in [9.17, 15) is 0 Å². The summed E-state index contributed by atoms with van der Waals surface area (Å²) in [6.45, 7) is 2.46. The first kappa shape index (κ1) is 15.1. The normalized spacial score (nSPS) is 25.0. The second-order valence-corrected chi connectivity index (χ2v) is 7.02. The topological polar surface area (TPSA) is 47.7 Å². The molecule has 1 atom stereocenters. The molecule has 2 aliphatic rings. The van der Waals surface area contributed by atoms with Crippen molar-refractivity contribution >= 4 is 27.3 Å². The summed E-state index contributed by atoms with van der Waals surface area (Å²) in [5, 5.41) is 0. The number of nitrogens with zero attached hydrogens (tertiary/aromatic N) is 1. The first-order valence-corrected chi connectivity index (χ1v) is 8.39. The summed E-state index contributed by atoms with van der Waals surface area (Å²) in [6.07, 6.45) is 4.12. The average Bonchev–Trinajstić information content (AvgIpc) is 2.47. The second kappa shape index (κ2) is 6.15. The second-order valence-electron chi connectivity index (χ2n) is 6.10. The lowest BCUT2D eigenvalue weighted by molar-refractivity contribution is -0.137. The summed E-state index contributed by atoms with van der Waals surface area (Å²) in [5.41, 5.74) is 8.11. The Labute approximate surface area is 134 Å². The molecule has 0 bridgehead atoms. The van der Waals surface area contributed by atoms with Crippen molar-refractivity contribution in [3.63, 3.8) is 0 Å². The first-order valence-electron chi connectivity index (χ1n) is 7.59. The molecule has 2 fully saturated rings. The van der Waals surface area contributed by atoms with Gasteiger partial charge in [-0.3, -0.25) is 0 Å². The fourth-order valence-corrected chi connectivity index (χ4v) is 3.85. The highest BCUT2D eigenvalue weighted by molar-refractivity contribution is 9.10. The lowest BCUT2D eigenvalue weighted by Gasteiger charge is -2.46. The van der Waals surface area contributed by atoms with Gasteiger partial charge < -0.3 is 20.1 Å². The lowest BCUT2D eigenvalue weighted by atomic mass is 9.83. The predicted octanol–water partition coefficient (Wildman–Crippen LogP) is 3.20. The summed E-state index contributed by atoms with van der Waals surface area (Å²) >= 11 is 3.47. The zero-order chi connectivity index (χ0) is 14.9. The third-order valence-electron chi connectivity index (χ3n) is 4.79. The largest absolute Gasteiger partial charge is 0.397 e. The number of benzene rings is 1. The van der Waals surface area contributed by atoms with Gasteiger partial charge in [0.2, 0.25) is 0 Å². The van der Waals surface area contributed by atoms with Gasteiger partial charge in [0.25, 0.3) is 0 Å². The van der Waals surface area contributed by atoms with E-state index in [2.05, 4.69) is 33.9 Å². The number of anilines is 2. The number of hydrogen-bond donors (Lipinski definition) is 1. The molecule has 1 spiro atoms. The molecule has 0 radical (unpaired) electrons. The van der Waals surface area contributed by atoms with E-state index in [-0.39, 0.29) is 5.60 Å². The van der Waals surface area contributed by atoms with E-state index in [1.54, 1.807) is 0 Å². The number of hydrogen-bond acceptors (Lipinski definition) is 4. The van der Waals surface area contributed by atoms with Crippen molar-refractivity contribution in [1.29, 1.82) is 0 Å². The molecule has 1 aromatic rings. The van der Waals surface area contributed by atoms with E-state index < -0.39 is 0 Å². The molecular formula is C16H23BrN2O2. The van der Waals surface area contributed by atoms with Crippen LogP contribution in [-0.2, 0) is 9.47 Å². The van der Waals surface area contributed by atoms with Gasteiger partial charge in [0.1, 0.15) is 0 Å². The fourth-order valence-electron chi connectivity index (χ4n) is 3.47. The van der Waals surface area contributed by atoms with E-state index >= 15 is 0 Å². The molecule has 4 nitrogen and oxygen atoms in total. The van der Waals surface area contributed by atoms with Crippen molar-refractivity contribution < 1.29 is 9.47 Å². The van der Waals surface area contributed by atoms with Crippen molar-refractivity contribution in [3.05, 3.63) is 22.7 Å². The Morgan fingerprint density at radius 3 is 2.76 bits per heavy atom. The minimum Gasteiger partial charge on any atom is -0.397 e. The number of nitrogens with two attached hydrogens (primary N) is 1. The molecule has 2 N–H and O–H groups in total. The first-order chi connectivity index (χ1) is 10.1. The van der Waals surface area contributed by atoms with Crippen LogP contribution in [0.2, 0.25) is 0 Å². The van der Waals surface area contributed by atoms with Crippen molar-refractivity contribution in [1.82, 2.24) is 0 Å². The Morgan fingerprint density at radius 1 is 1.29 bits per heavy atom. The Balaban J connectivity index is 1.76. The number of ether oxygens (including phenoxy) is 2. The van der Waals surface area contributed by atoms with Gasteiger partial charge in [-0.05, 0) is 43.9 Å². The maximum atomic E-state index is 6.18. The average molecular weight is 355 g/mol. The van der Waals surface area contributed by atoms with Crippen LogP contribution in [-0.4, -0.2) is 38.5 Å². The van der Waals surface area contributed by atoms with Crippen LogP contribution in [0.5, 0.6) is 0 Å². The lowest BCUT2D eigenvalue weighted by Crippen LogP contribution is -2.50. The van der Waals surface area contributed by atoms with Crippen LogP contribution in [0.15, 0.2) is 22.7 Å². The number of rotatable bonds is 2. The van der Waals surface area contributed by atoms with Gasteiger partial charge in [-0.25, -0.2) is 0 Å². The quantitative estimate of drug-likeness (QED) is 0.828. The van der Waals surface area contributed by atoms with E-state index in [0.717, 1.165) is 61.4 Å². The van der Waals surface area contributed by atoms with Gasteiger partial charge in [-0.15, -0.1) is 0 Å². The Morgan fingerprint density at radius 2 is 2.05 bits per heavy atom. The molecule has 0 amide bonds. The molecule has 0 aliphatic carbocycles. The van der Waals surface area contributed by atoms with E-state index in [4.69, 9.17) is 15.2 Å². The molecule has 1 unspecified atom stereocenters. The highest BCUT2D eigenvalue weighted by atomic mass is 79.9. The molecular weight excluding hydrogens is 332 g/mol. The van der Waals surface area contributed by atoms with Gasteiger partial charge in [-0.1, -0.05) is 15.9 Å². The van der Waals surface area contributed by atoms with Crippen LogP contribution in [0.3, 0.4) is 0 Å². The van der Waals surface area contributed by atoms with E-state index in [1.807, 2.05) is 12.1 Å². The summed E-state index contributed by atoms with van der Waals surface area (Å²) in [4.78, 5) is 2.32. The molecule has 0 saturated carbocycles. The highest BCUT2D eigenvalue weighted by Crippen LogP contribution is 2.38. The Kier molecular flexibility index (Phi) is 4.43. The van der Waals surface area contributed by atoms with Crippen molar-refractivity contribution in [3.8, 4) is 0 Å². The third-order valence-corrected chi connectivity index (χ3v) is 5.28. The molecule has 5 heteroatoms. The smallest absolute Gasteiger partial charge is 0.0745 e. The van der Waals surface area contributed by atoms with E-state index in [0.29, 0.717) is 6.04 Å². The van der Waals surface area contributed by atoms with Gasteiger partial charge in [-0.2, -0.15) is 0 Å². The van der Waals surface area contributed by atoms with Crippen LogP contribution in [0.25, 0.3) is 0 Å². The van der Waals surface area contributed by atoms with Gasteiger partial charge in [0, 0.05) is 37.4 Å². The van der Waals surface area contributed by atoms with Crippen LogP contribution >= 0.6 is 15.9 Å². The van der Waals surface area contributed by atoms with Crippen LogP contribution in [0.4, 0.5) is 11.4 Å². The zero-order valence-electron chi connectivity index (χ0n) is 12.5. The monoisotopic (exact) mass is 354 g/mol.